The van der Waals surface area contributed by atoms with Crippen molar-refractivity contribution in [3.63, 3.8) is 0 Å². The van der Waals surface area contributed by atoms with Gasteiger partial charge in [0.25, 0.3) is 12.3 Å². The molecule has 0 saturated heterocycles. The van der Waals surface area contributed by atoms with Gasteiger partial charge in [0.05, 0.1) is 11.3 Å². The van der Waals surface area contributed by atoms with Crippen LogP contribution in [0.15, 0.2) is 18.3 Å². The molecule has 0 aliphatic carbocycles. The molecule has 2 aromatic rings. The van der Waals surface area contributed by atoms with E-state index in [1.54, 1.807) is 6.07 Å². The van der Waals surface area contributed by atoms with Crippen molar-refractivity contribution in [3.05, 3.63) is 40.2 Å². The van der Waals surface area contributed by atoms with Crippen LogP contribution in [0, 0.1) is 0 Å². The highest BCUT2D eigenvalue weighted by molar-refractivity contribution is 6.31. The number of rotatable bonds is 3. The maximum absolute atomic E-state index is 13.0. The molecular formula is C16H16ClF2N3O2. The molecule has 2 heterocycles. The summed E-state index contributed by atoms with van der Waals surface area (Å²) in [7, 11) is 1.48. The second-order valence-electron chi connectivity index (χ2n) is 6.34. The Morgan fingerprint density at radius 2 is 2.17 bits per heavy atom. The number of hydrogen-bond donors (Lipinski definition) is 1. The first-order valence-corrected chi connectivity index (χ1v) is 7.68. The van der Waals surface area contributed by atoms with Crippen LogP contribution in [-0.2, 0) is 13.5 Å². The number of carbonyl (C=O) groups is 1. The largest absolute Gasteiger partial charge is 0.485 e. The summed E-state index contributed by atoms with van der Waals surface area (Å²) in [6.07, 6.45) is -0.944. The van der Waals surface area contributed by atoms with Crippen molar-refractivity contribution in [1.29, 1.82) is 0 Å². The van der Waals surface area contributed by atoms with Gasteiger partial charge in [-0.1, -0.05) is 11.6 Å². The Morgan fingerprint density at radius 1 is 1.46 bits per heavy atom. The van der Waals surface area contributed by atoms with E-state index in [1.165, 1.54) is 24.0 Å². The van der Waals surface area contributed by atoms with Crippen LogP contribution >= 0.6 is 11.6 Å². The highest BCUT2D eigenvalue weighted by Crippen LogP contribution is 2.42. The van der Waals surface area contributed by atoms with Crippen molar-refractivity contribution in [1.82, 2.24) is 9.78 Å². The van der Waals surface area contributed by atoms with Crippen LogP contribution in [0.25, 0.3) is 0 Å². The van der Waals surface area contributed by atoms with Gasteiger partial charge in [0.15, 0.2) is 0 Å². The number of aryl methyl sites for hydroxylation is 1. The van der Waals surface area contributed by atoms with Crippen molar-refractivity contribution in [2.45, 2.75) is 32.3 Å². The summed E-state index contributed by atoms with van der Waals surface area (Å²) in [6.45, 7) is 3.84. The van der Waals surface area contributed by atoms with Gasteiger partial charge >= 0.3 is 0 Å². The lowest BCUT2D eigenvalue weighted by Gasteiger charge is -2.18. The number of ether oxygens (including phenoxy) is 1. The minimum atomic E-state index is -2.84. The van der Waals surface area contributed by atoms with Gasteiger partial charge in [-0.25, -0.2) is 8.78 Å². The van der Waals surface area contributed by atoms with Crippen LogP contribution < -0.4 is 10.1 Å². The van der Waals surface area contributed by atoms with Gasteiger partial charge < -0.3 is 10.1 Å². The standard InChI is InChI=1S/C16H16ClF2N3O2/c1-16(2)6-8-4-9(17)5-11(13(8)24-16)20-15(23)10-7-22(3)21-12(10)14(18)19/h4-5,7,14H,6H2,1-3H3,(H,20,23). The molecule has 3 rings (SSSR count). The topological polar surface area (TPSA) is 56.2 Å². The number of fused-ring (bicyclic) bond motifs is 1. The predicted octanol–water partition coefficient (Wildman–Crippen LogP) is 3.98. The van der Waals surface area contributed by atoms with Gasteiger partial charge in [-0.2, -0.15) is 5.10 Å². The van der Waals surface area contributed by atoms with E-state index < -0.39 is 23.6 Å². The number of halogens is 3. The zero-order valence-corrected chi connectivity index (χ0v) is 14.1. The molecule has 5 nitrogen and oxygen atoms in total. The first kappa shape index (κ1) is 16.7. The number of aromatic nitrogens is 2. The zero-order chi connectivity index (χ0) is 17.6. The molecular weight excluding hydrogens is 340 g/mol. The molecule has 8 heteroatoms. The third-order valence-corrected chi connectivity index (χ3v) is 3.90. The molecule has 0 fully saturated rings. The third kappa shape index (κ3) is 3.08. The van der Waals surface area contributed by atoms with Crippen molar-refractivity contribution in [3.8, 4) is 5.75 Å². The quantitative estimate of drug-likeness (QED) is 0.906. The van der Waals surface area contributed by atoms with Crippen molar-refractivity contribution in [2.75, 3.05) is 5.32 Å². The fourth-order valence-corrected chi connectivity index (χ4v) is 3.04. The Bertz CT molecular complexity index is 818. The Kier molecular flexibility index (Phi) is 3.99. The van der Waals surface area contributed by atoms with E-state index in [0.717, 1.165) is 5.56 Å². The van der Waals surface area contributed by atoms with Crippen molar-refractivity contribution < 1.29 is 18.3 Å². The zero-order valence-electron chi connectivity index (χ0n) is 13.4. The van der Waals surface area contributed by atoms with Gasteiger partial charge in [0, 0.05) is 30.3 Å². The number of nitrogens with one attached hydrogen (secondary N) is 1. The normalized spacial score (nSPS) is 15.3. The summed E-state index contributed by atoms with van der Waals surface area (Å²) in [6, 6.07) is 3.31. The fraction of sp³-hybridized carbons (Fsp3) is 0.375. The SMILES string of the molecule is Cn1cc(C(=O)Nc2cc(Cl)cc3c2OC(C)(C)C3)c(C(F)F)n1. The molecule has 1 aliphatic heterocycles. The van der Waals surface area contributed by atoms with Crippen LogP contribution in [0.1, 0.15) is 41.9 Å². The Hall–Kier alpha value is -2.15. The summed E-state index contributed by atoms with van der Waals surface area (Å²) >= 11 is 6.09. The molecule has 1 aromatic heterocycles. The van der Waals surface area contributed by atoms with E-state index in [-0.39, 0.29) is 5.56 Å². The lowest BCUT2D eigenvalue weighted by molar-refractivity contribution is 0.100. The molecule has 0 radical (unpaired) electrons. The second kappa shape index (κ2) is 5.73. The molecule has 128 valence electrons. The molecule has 0 unspecified atom stereocenters. The molecule has 1 amide bonds. The molecule has 0 atom stereocenters. The first-order valence-electron chi connectivity index (χ1n) is 7.31. The summed E-state index contributed by atoms with van der Waals surface area (Å²) in [5.74, 6) is -0.170. The van der Waals surface area contributed by atoms with Crippen LogP contribution in [0.4, 0.5) is 14.5 Å². The number of anilines is 1. The van der Waals surface area contributed by atoms with Crippen LogP contribution in [0.3, 0.4) is 0 Å². The summed E-state index contributed by atoms with van der Waals surface area (Å²) in [5.41, 5.74) is 0.0585. The highest BCUT2D eigenvalue weighted by atomic mass is 35.5. The van der Waals surface area contributed by atoms with E-state index in [1.807, 2.05) is 13.8 Å². The maximum atomic E-state index is 13.0. The van der Waals surface area contributed by atoms with Gasteiger partial charge in [0.2, 0.25) is 0 Å². The van der Waals surface area contributed by atoms with Gasteiger partial charge in [0.1, 0.15) is 17.0 Å². The van der Waals surface area contributed by atoms with Gasteiger partial charge in [-0.05, 0) is 26.0 Å². The Balaban J connectivity index is 1.95. The van der Waals surface area contributed by atoms with Crippen molar-refractivity contribution >= 4 is 23.2 Å². The van der Waals surface area contributed by atoms with Crippen LogP contribution in [0.2, 0.25) is 5.02 Å². The minimum Gasteiger partial charge on any atom is -0.485 e. The van der Waals surface area contributed by atoms with E-state index in [4.69, 9.17) is 16.3 Å². The van der Waals surface area contributed by atoms with E-state index in [2.05, 4.69) is 10.4 Å². The first-order chi connectivity index (χ1) is 11.2. The molecule has 1 aliphatic rings. The smallest absolute Gasteiger partial charge is 0.282 e. The number of hydrogen-bond acceptors (Lipinski definition) is 3. The van der Waals surface area contributed by atoms with Crippen LogP contribution in [0.5, 0.6) is 5.75 Å². The number of amides is 1. The molecule has 0 bridgehead atoms. The van der Waals surface area contributed by atoms with Gasteiger partial charge in [-0.3, -0.25) is 9.48 Å². The molecule has 0 spiro atoms. The number of alkyl halides is 2. The maximum Gasteiger partial charge on any atom is 0.282 e. The number of nitrogens with zero attached hydrogens (tertiary/aromatic N) is 2. The molecule has 1 N–H and O–H groups in total. The molecule has 1 aromatic carbocycles. The minimum absolute atomic E-state index is 0.182. The lowest BCUT2D eigenvalue weighted by Crippen LogP contribution is -2.25. The second-order valence-corrected chi connectivity index (χ2v) is 6.77. The predicted molar refractivity (Wildman–Crippen MR) is 86.0 cm³/mol. The third-order valence-electron chi connectivity index (χ3n) is 3.68. The average molecular weight is 356 g/mol. The molecule has 24 heavy (non-hydrogen) atoms. The van der Waals surface area contributed by atoms with Gasteiger partial charge in [-0.15, -0.1) is 0 Å². The number of benzene rings is 1. The molecule has 0 saturated carbocycles. The fourth-order valence-electron chi connectivity index (χ4n) is 2.80. The Labute approximate surface area is 142 Å². The lowest BCUT2D eigenvalue weighted by atomic mass is 10.0. The van der Waals surface area contributed by atoms with Crippen molar-refractivity contribution in [2.24, 2.45) is 7.05 Å². The number of carbonyl (C=O) groups excluding carboxylic acids is 1. The van der Waals surface area contributed by atoms with E-state index >= 15 is 0 Å². The average Bonchev–Trinajstić information content (AvgIpc) is 2.97. The van der Waals surface area contributed by atoms with E-state index in [9.17, 15) is 13.6 Å². The monoisotopic (exact) mass is 355 g/mol. The van der Waals surface area contributed by atoms with E-state index in [0.29, 0.717) is 22.9 Å². The summed E-state index contributed by atoms with van der Waals surface area (Å²) in [4.78, 5) is 12.4. The highest BCUT2D eigenvalue weighted by Gasteiger charge is 2.33. The Morgan fingerprint density at radius 3 is 2.83 bits per heavy atom. The van der Waals surface area contributed by atoms with Crippen LogP contribution in [-0.4, -0.2) is 21.3 Å². The summed E-state index contributed by atoms with van der Waals surface area (Å²) < 4.78 is 33.1. The summed E-state index contributed by atoms with van der Waals surface area (Å²) in [5, 5.41) is 6.68.